The SMILES string of the molecule is CN1CCN(c2ccccc2[N+](=O)[O-])c2ccccc21. The molecule has 0 N–H and O–H groups in total. The molecule has 0 unspecified atom stereocenters. The Morgan fingerprint density at radius 2 is 1.55 bits per heavy atom. The van der Waals surface area contributed by atoms with E-state index in [-0.39, 0.29) is 10.6 Å². The van der Waals surface area contributed by atoms with E-state index in [1.807, 2.05) is 42.3 Å². The van der Waals surface area contributed by atoms with Gasteiger partial charge in [-0.25, -0.2) is 0 Å². The maximum atomic E-state index is 11.2. The Hall–Kier alpha value is -2.56. The van der Waals surface area contributed by atoms with E-state index >= 15 is 0 Å². The highest BCUT2D eigenvalue weighted by Crippen LogP contribution is 2.40. The molecule has 0 saturated heterocycles. The molecule has 0 aliphatic carbocycles. The zero-order chi connectivity index (χ0) is 14.1. The number of likely N-dealkylation sites (N-methyl/N-ethyl adjacent to an activating group) is 1. The van der Waals surface area contributed by atoms with Crippen LogP contribution in [0.1, 0.15) is 0 Å². The molecule has 0 radical (unpaired) electrons. The maximum Gasteiger partial charge on any atom is 0.292 e. The fourth-order valence-corrected chi connectivity index (χ4v) is 2.60. The summed E-state index contributed by atoms with van der Waals surface area (Å²) < 4.78 is 0. The van der Waals surface area contributed by atoms with Crippen LogP contribution in [-0.4, -0.2) is 25.1 Å². The number of fused-ring (bicyclic) bond motifs is 1. The van der Waals surface area contributed by atoms with Crippen LogP contribution in [0.5, 0.6) is 0 Å². The van der Waals surface area contributed by atoms with E-state index in [0.717, 1.165) is 24.5 Å². The molecule has 0 aromatic heterocycles. The smallest absolute Gasteiger partial charge is 0.292 e. The molecule has 0 atom stereocenters. The summed E-state index contributed by atoms with van der Waals surface area (Å²) in [4.78, 5) is 15.1. The number of nitro benzene ring substituents is 1. The zero-order valence-corrected chi connectivity index (χ0v) is 11.2. The molecule has 0 spiro atoms. The van der Waals surface area contributed by atoms with Crippen LogP contribution in [0.2, 0.25) is 0 Å². The molecular weight excluding hydrogens is 254 g/mol. The number of anilines is 3. The molecular formula is C15H15N3O2. The third-order valence-electron chi connectivity index (χ3n) is 3.61. The van der Waals surface area contributed by atoms with E-state index in [1.165, 1.54) is 0 Å². The fraction of sp³-hybridized carbons (Fsp3) is 0.200. The van der Waals surface area contributed by atoms with E-state index in [2.05, 4.69) is 4.90 Å². The van der Waals surface area contributed by atoms with Gasteiger partial charge < -0.3 is 9.80 Å². The van der Waals surface area contributed by atoms with Gasteiger partial charge in [-0.2, -0.15) is 0 Å². The molecule has 2 aromatic carbocycles. The van der Waals surface area contributed by atoms with Gasteiger partial charge in [-0.3, -0.25) is 10.1 Å². The van der Waals surface area contributed by atoms with Crippen LogP contribution >= 0.6 is 0 Å². The summed E-state index contributed by atoms with van der Waals surface area (Å²) in [5.74, 6) is 0. The Labute approximate surface area is 117 Å². The zero-order valence-electron chi connectivity index (χ0n) is 11.2. The Kier molecular flexibility index (Phi) is 3.02. The summed E-state index contributed by atoms with van der Waals surface area (Å²) >= 11 is 0. The Morgan fingerprint density at radius 3 is 2.25 bits per heavy atom. The van der Waals surface area contributed by atoms with Crippen molar-refractivity contribution in [1.82, 2.24) is 0 Å². The molecule has 5 heteroatoms. The minimum absolute atomic E-state index is 0.145. The minimum Gasteiger partial charge on any atom is -0.371 e. The number of hydrogen-bond acceptors (Lipinski definition) is 4. The molecule has 0 fully saturated rings. The van der Waals surface area contributed by atoms with Crippen LogP contribution in [-0.2, 0) is 0 Å². The number of benzene rings is 2. The first-order chi connectivity index (χ1) is 9.68. The highest BCUT2D eigenvalue weighted by atomic mass is 16.6. The lowest BCUT2D eigenvalue weighted by Crippen LogP contribution is -2.36. The first-order valence-electron chi connectivity index (χ1n) is 6.49. The summed E-state index contributed by atoms with van der Waals surface area (Å²) in [5.41, 5.74) is 2.90. The van der Waals surface area contributed by atoms with E-state index in [4.69, 9.17) is 0 Å². The van der Waals surface area contributed by atoms with Crippen LogP contribution in [0.15, 0.2) is 48.5 Å². The molecule has 1 aliphatic heterocycles. The monoisotopic (exact) mass is 269 g/mol. The lowest BCUT2D eigenvalue weighted by Gasteiger charge is -2.36. The standard InChI is InChI=1S/C15H15N3O2/c1-16-10-11-17(13-7-3-2-6-12(13)16)14-8-4-5-9-15(14)18(19)20/h2-9H,10-11H2,1H3. The van der Waals surface area contributed by atoms with E-state index in [0.29, 0.717) is 5.69 Å². The average molecular weight is 269 g/mol. The van der Waals surface area contributed by atoms with Gasteiger partial charge in [0.1, 0.15) is 5.69 Å². The first-order valence-corrected chi connectivity index (χ1v) is 6.49. The molecule has 0 amide bonds. The quantitative estimate of drug-likeness (QED) is 0.620. The summed E-state index contributed by atoms with van der Waals surface area (Å²) in [7, 11) is 2.04. The van der Waals surface area contributed by atoms with Crippen LogP contribution in [0.3, 0.4) is 0 Å². The van der Waals surface area contributed by atoms with Crippen LogP contribution in [0.4, 0.5) is 22.7 Å². The summed E-state index contributed by atoms with van der Waals surface area (Å²) in [6, 6.07) is 14.9. The molecule has 0 bridgehead atoms. The molecule has 20 heavy (non-hydrogen) atoms. The summed E-state index contributed by atoms with van der Waals surface area (Å²) in [5, 5.41) is 11.2. The number of rotatable bonds is 2. The van der Waals surface area contributed by atoms with Crippen LogP contribution in [0, 0.1) is 10.1 Å². The van der Waals surface area contributed by atoms with Gasteiger partial charge in [0.25, 0.3) is 5.69 Å². The maximum absolute atomic E-state index is 11.2. The van der Waals surface area contributed by atoms with Crippen molar-refractivity contribution in [2.45, 2.75) is 0 Å². The third kappa shape index (κ3) is 1.97. The van der Waals surface area contributed by atoms with Crippen molar-refractivity contribution < 1.29 is 4.92 Å². The topological polar surface area (TPSA) is 49.6 Å². The molecule has 3 rings (SSSR count). The Bertz CT molecular complexity index is 657. The van der Waals surface area contributed by atoms with Crippen molar-refractivity contribution in [3.05, 3.63) is 58.6 Å². The van der Waals surface area contributed by atoms with Crippen molar-refractivity contribution >= 4 is 22.7 Å². The Morgan fingerprint density at radius 1 is 0.950 bits per heavy atom. The predicted molar refractivity (Wildman–Crippen MR) is 79.8 cm³/mol. The summed E-state index contributed by atoms with van der Waals surface area (Å²) in [6.45, 7) is 1.57. The normalized spacial score (nSPS) is 14.1. The van der Waals surface area contributed by atoms with E-state index in [1.54, 1.807) is 18.2 Å². The third-order valence-corrected chi connectivity index (χ3v) is 3.61. The van der Waals surface area contributed by atoms with Gasteiger partial charge in [-0.1, -0.05) is 24.3 Å². The molecule has 1 heterocycles. The second kappa shape index (κ2) is 4.85. The van der Waals surface area contributed by atoms with Crippen LogP contribution < -0.4 is 9.80 Å². The number of nitro groups is 1. The van der Waals surface area contributed by atoms with Gasteiger partial charge in [-0.05, 0) is 18.2 Å². The van der Waals surface area contributed by atoms with Gasteiger partial charge in [0.15, 0.2) is 0 Å². The Balaban J connectivity index is 2.13. The summed E-state index contributed by atoms with van der Waals surface area (Å²) in [6.07, 6.45) is 0. The van der Waals surface area contributed by atoms with E-state index < -0.39 is 0 Å². The largest absolute Gasteiger partial charge is 0.371 e. The predicted octanol–water partition coefficient (Wildman–Crippen LogP) is 3.18. The number of nitrogens with zero attached hydrogens (tertiary/aromatic N) is 3. The highest BCUT2D eigenvalue weighted by Gasteiger charge is 2.25. The van der Waals surface area contributed by atoms with Crippen molar-refractivity contribution in [3.63, 3.8) is 0 Å². The van der Waals surface area contributed by atoms with Gasteiger partial charge in [-0.15, -0.1) is 0 Å². The molecule has 102 valence electrons. The van der Waals surface area contributed by atoms with Crippen molar-refractivity contribution in [2.75, 3.05) is 29.9 Å². The lowest BCUT2D eigenvalue weighted by molar-refractivity contribution is -0.384. The van der Waals surface area contributed by atoms with E-state index in [9.17, 15) is 10.1 Å². The average Bonchev–Trinajstić information content (AvgIpc) is 2.48. The van der Waals surface area contributed by atoms with Gasteiger partial charge >= 0.3 is 0 Å². The van der Waals surface area contributed by atoms with Crippen molar-refractivity contribution in [3.8, 4) is 0 Å². The highest BCUT2D eigenvalue weighted by molar-refractivity contribution is 5.82. The molecule has 0 saturated carbocycles. The number of hydrogen-bond donors (Lipinski definition) is 0. The first kappa shape index (κ1) is 12.5. The minimum atomic E-state index is -0.323. The van der Waals surface area contributed by atoms with Crippen LogP contribution in [0.25, 0.3) is 0 Å². The molecule has 5 nitrogen and oxygen atoms in total. The van der Waals surface area contributed by atoms with Gasteiger partial charge in [0.2, 0.25) is 0 Å². The molecule has 2 aromatic rings. The second-order valence-corrected chi connectivity index (χ2v) is 4.81. The second-order valence-electron chi connectivity index (χ2n) is 4.81. The van der Waals surface area contributed by atoms with Gasteiger partial charge in [0, 0.05) is 26.2 Å². The van der Waals surface area contributed by atoms with Crippen molar-refractivity contribution in [1.29, 1.82) is 0 Å². The lowest BCUT2D eigenvalue weighted by atomic mass is 10.1. The molecule has 1 aliphatic rings. The van der Waals surface area contributed by atoms with Gasteiger partial charge in [0.05, 0.1) is 16.3 Å². The van der Waals surface area contributed by atoms with Crippen molar-refractivity contribution in [2.24, 2.45) is 0 Å². The number of para-hydroxylation sites is 4. The fourth-order valence-electron chi connectivity index (χ4n) is 2.60.